The van der Waals surface area contributed by atoms with Crippen LogP contribution >= 0.6 is 15.9 Å². The fourth-order valence-corrected chi connectivity index (χ4v) is 3.21. The SMILES string of the molecule is Fc1ccc(OCc2ccn(C3CCCC3)n2)c(CBr)c1. The first-order valence-electron chi connectivity index (χ1n) is 7.27. The Morgan fingerprint density at radius 3 is 2.86 bits per heavy atom. The molecule has 0 amide bonds. The van der Waals surface area contributed by atoms with Crippen molar-refractivity contribution in [1.29, 1.82) is 0 Å². The largest absolute Gasteiger partial charge is 0.487 e. The molecule has 0 atom stereocenters. The Balaban J connectivity index is 1.65. The fraction of sp³-hybridized carbons (Fsp3) is 0.438. The molecule has 1 fully saturated rings. The van der Waals surface area contributed by atoms with Gasteiger partial charge in [0.1, 0.15) is 18.2 Å². The van der Waals surface area contributed by atoms with Gasteiger partial charge in [-0.05, 0) is 37.1 Å². The zero-order chi connectivity index (χ0) is 14.7. The van der Waals surface area contributed by atoms with Gasteiger partial charge in [-0.25, -0.2) is 4.39 Å². The highest BCUT2D eigenvalue weighted by Gasteiger charge is 2.17. The summed E-state index contributed by atoms with van der Waals surface area (Å²) in [7, 11) is 0. The molecule has 21 heavy (non-hydrogen) atoms. The third-order valence-electron chi connectivity index (χ3n) is 3.90. The molecule has 1 aromatic heterocycles. The average Bonchev–Trinajstić information content (AvgIpc) is 3.16. The maximum Gasteiger partial charge on any atom is 0.132 e. The van der Waals surface area contributed by atoms with Crippen LogP contribution in [0, 0.1) is 5.82 Å². The molecule has 0 aliphatic heterocycles. The van der Waals surface area contributed by atoms with Crippen molar-refractivity contribution in [3.63, 3.8) is 0 Å². The lowest BCUT2D eigenvalue weighted by Gasteiger charge is -2.10. The molecule has 0 bridgehead atoms. The van der Waals surface area contributed by atoms with Gasteiger partial charge in [-0.1, -0.05) is 28.8 Å². The summed E-state index contributed by atoms with van der Waals surface area (Å²) in [5, 5.41) is 5.15. The summed E-state index contributed by atoms with van der Waals surface area (Å²) in [6.45, 7) is 0.408. The molecule has 1 aromatic carbocycles. The molecule has 0 unspecified atom stereocenters. The highest BCUT2D eigenvalue weighted by atomic mass is 79.9. The summed E-state index contributed by atoms with van der Waals surface area (Å²) in [5.74, 6) is 0.450. The van der Waals surface area contributed by atoms with Gasteiger partial charge >= 0.3 is 0 Å². The number of benzene rings is 1. The lowest BCUT2D eigenvalue weighted by molar-refractivity contribution is 0.295. The van der Waals surface area contributed by atoms with Gasteiger partial charge in [-0.3, -0.25) is 4.68 Å². The smallest absolute Gasteiger partial charge is 0.132 e. The van der Waals surface area contributed by atoms with Crippen molar-refractivity contribution >= 4 is 15.9 Å². The van der Waals surface area contributed by atoms with Crippen molar-refractivity contribution in [2.75, 3.05) is 0 Å². The lowest BCUT2D eigenvalue weighted by atomic mass is 10.2. The molecule has 0 spiro atoms. The second-order valence-corrected chi connectivity index (χ2v) is 5.96. The minimum Gasteiger partial charge on any atom is -0.487 e. The van der Waals surface area contributed by atoms with Crippen molar-refractivity contribution in [1.82, 2.24) is 9.78 Å². The van der Waals surface area contributed by atoms with Crippen LogP contribution in [0.15, 0.2) is 30.5 Å². The Morgan fingerprint density at radius 1 is 1.29 bits per heavy atom. The molecule has 1 aliphatic carbocycles. The maximum absolute atomic E-state index is 13.2. The highest BCUT2D eigenvalue weighted by Crippen LogP contribution is 2.29. The van der Waals surface area contributed by atoms with Crippen LogP contribution in [0.3, 0.4) is 0 Å². The molecule has 1 saturated carbocycles. The third kappa shape index (κ3) is 3.46. The molecular weight excluding hydrogens is 335 g/mol. The van der Waals surface area contributed by atoms with Crippen molar-refractivity contribution in [3.05, 3.63) is 47.5 Å². The lowest BCUT2D eigenvalue weighted by Crippen LogP contribution is -2.06. The van der Waals surface area contributed by atoms with E-state index in [0.717, 1.165) is 11.3 Å². The molecule has 1 heterocycles. The number of ether oxygens (including phenoxy) is 1. The molecule has 3 nitrogen and oxygen atoms in total. The average molecular weight is 353 g/mol. The summed E-state index contributed by atoms with van der Waals surface area (Å²) in [6, 6.07) is 7.11. The van der Waals surface area contributed by atoms with Gasteiger partial charge in [0.15, 0.2) is 0 Å². The molecule has 0 radical (unpaired) electrons. The van der Waals surface area contributed by atoms with E-state index < -0.39 is 0 Å². The van der Waals surface area contributed by atoms with Crippen LogP contribution in [0.1, 0.15) is 43.0 Å². The summed E-state index contributed by atoms with van der Waals surface area (Å²) in [5.41, 5.74) is 1.72. The molecule has 5 heteroatoms. The van der Waals surface area contributed by atoms with Crippen molar-refractivity contribution in [2.45, 2.75) is 43.7 Å². The van der Waals surface area contributed by atoms with Gasteiger partial charge in [0.2, 0.25) is 0 Å². The van der Waals surface area contributed by atoms with Gasteiger partial charge < -0.3 is 4.74 Å². The molecule has 2 aromatic rings. The molecule has 3 rings (SSSR count). The number of hydrogen-bond donors (Lipinski definition) is 0. The van der Waals surface area contributed by atoms with E-state index in [0.29, 0.717) is 23.7 Å². The van der Waals surface area contributed by atoms with Crippen LogP contribution in [-0.4, -0.2) is 9.78 Å². The monoisotopic (exact) mass is 352 g/mol. The first-order chi connectivity index (χ1) is 10.3. The summed E-state index contributed by atoms with van der Waals surface area (Å²) < 4.78 is 21.0. The molecule has 0 saturated heterocycles. The Morgan fingerprint density at radius 2 is 2.10 bits per heavy atom. The maximum atomic E-state index is 13.2. The van der Waals surface area contributed by atoms with Crippen LogP contribution < -0.4 is 4.74 Å². The highest BCUT2D eigenvalue weighted by molar-refractivity contribution is 9.08. The fourth-order valence-electron chi connectivity index (χ4n) is 2.77. The molecule has 0 N–H and O–H groups in total. The number of aromatic nitrogens is 2. The van der Waals surface area contributed by atoms with Gasteiger partial charge in [-0.2, -0.15) is 5.10 Å². The van der Waals surface area contributed by atoms with E-state index in [2.05, 4.69) is 25.7 Å². The third-order valence-corrected chi connectivity index (χ3v) is 4.51. The minimum absolute atomic E-state index is 0.248. The Labute approximate surface area is 132 Å². The second kappa shape index (κ2) is 6.60. The zero-order valence-electron chi connectivity index (χ0n) is 11.8. The van der Waals surface area contributed by atoms with Crippen molar-refractivity contribution in [2.24, 2.45) is 0 Å². The first kappa shape index (κ1) is 14.6. The number of nitrogens with zero attached hydrogens (tertiary/aromatic N) is 2. The van der Waals surface area contributed by atoms with E-state index in [-0.39, 0.29) is 5.82 Å². The van der Waals surface area contributed by atoms with Crippen LogP contribution in [0.2, 0.25) is 0 Å². The van der Waals surface area contributed by atoms with E-state index >= 15 is 0 Å². The second-order valence-electron chi connectivity index (χ2n) is 5.40. The van der Waals surface area contributed by atoms with Gasteiger partial charge in [0, 0.05) is 17.1 Å². The van der Waals surface area contributed by atoms with E-state index in [1.165, 1.54) is 37.8 Å². The van der Waals surface area contributed by atoms with Gasteiger partial charge in [0.25, 0.3) is 0 Å². The van der Waals surface area contributed by atoms with Crippen LogP contribution in [0.25, 0.3) is 0 Å². The predicted molar refractivity (Wildman–Crippen MR) is 83.1 cm³/mol. The standard InChI is InChI=1S/C16H18BrFN2O/c17-10-12-9-13(18)5-6-16(12)21-11-14-7-8-20(19-14)15-3-1-2-4-15/h5-9,15H,1-4,10-11H2. The van der Waals surface area contributed by atoms with E-state index in [1.807, 2.05) is 12.3 Å². The molecule has 1 aliphatic rings. The van der Waals surface area contributed by atoms with Crippen LogP contribution in [0.4, 0.5) is 4.39 Å². The normalized spacial score (nSPS) is 15.5. The Kier molecular flexibility index (Phi) is 4.58. The summed E-state index contributed by atoms with van der Waals surface area (Å²) in [4.78, 5) is 0. The van der Waals surface area contributed by atoms with E-state index in [4.69, 9.17) is 4.74 Å². The molecule has 112 valence electrons. The van der Waals surface area contributed by atoms with Gasteiger partial charge in [-0.15, -0.1) is 0 Å². The Hall–Kier alpha value is -1.36. The predicted octanol–water partition coefficient (Wildman–Crippen LogP) is 4.61. The number of hydrogen-bond acceptors (Lipinski definition) is 2. The first-order valence-corrected chi connectivity index (χ1v) is 8.39. The van der Waals surface area contributed by atoms with Crippen LogP contribution in [-0.2, 0) is 11.9 Å². The van der Waals surface area contributed by atoms with Crippen LogP contribution in [0.5, 0.6) is 5.75 Å². The number of alkyl halides is 1. The minimum atomic E-state index is -0.248. The zero-order valence-corrected chi connectivity index (χ0v) is 13.4. The summed E-state index contributed by atoms with van der Waals surface area (Å²) >= 11 is 3.35. The number of halogens is 2. The Bertz CT molecular complexity index is 608. The quantitative estimate of drug-likeness (QED) is 0.734. The summed E-state index contributed by atoms with van der Waals surface area (Å²) in [6.07, 6.45) is 7.05. The van der Waals surface area contributed by atoms with Crippen molar-refractivity contribution in [3.8, 4) is 5.75 Å². The van der Waals surface area contributed by atoms with Crippen molar-refractivity contribution < 1.29 is 9.13 Å². The number of rotatable bonds is 5. The van der Waals surface area contributed by atoms with Gasteiger partial charge in [0.05, 0.1) is 11.7 Å². The topological polar surface area (TPSA) is 27.1 Å². The van der Waals surface area contributed by atoms with E-state index in [1.54, 1.807) is 6.07 Å². The van der Waals surface area contributed by atoms with E-state index in [9.17, 15) is 4.39 Å². The molecular formula is C16H18BrFN2O.